The predicted octanol–water partition coefficient (Wildman–Crippen LogP) is 0.825. The van der Waals surface area contributed by atoms with Gasteiger partial charge in [-0.3, -0.25) is 0 Å². The van der Waals surface area contributed by atoms with Crippen molar-refractivity contribution in [2.45, 2.75) is 25.7 Å². The van der Waals surface area contributed by atoms with Gasteiger partial charge in [0, 0.05) is 6.42 Å². The van der Waals surface area contributed by atoms with Crippen molar-refractivity contribution in [2.75, 3.05) is 26.2 Å². The highest BCUT2D eigenvalue weighted by Gasteiger charge is 2.09. The van der Waals surface area contributed by atoms with Gasteiger partial charge in [0.2, 0.25) is 0 Å². The van der Waals surface area contributed by atoms with Crippen LogP contribution < -0.4 is 5.73 Å². The fourth-order valence-electron chi connectivity index (χ4n) is 1.56. The van der Waals surface area contributed by atoms with Crippen LogP contribution in [0.4, 0.5) is 0 Å². The molecule has 68 valence electrons. The van der Waals surface area contributed by atoms with Gasteiger partial charge in [0.05, 0.1) is 6.54 Å². The summed E-state index contributed by atoms with van der Waals surface area (Å²) in [6, 6.07) is 0. The van der Waals surface area contributed by atoms with Gasteiger partial charge in [0.25, 0.3) is 0 Å². The first kappa shape index (κ1) is 9.57. The average Bonchev–Trinajstić information content (AvgIpc) is 2.57. The van der Waals surface area contributed by atoms with Crippen molar-refractivity contribution in [3.05, 3.63) is 0 Å². The molecule has 0 aromatic heterocycles. The quantitative estimate of drug-likeness (QED) is 0.497. The molecule has 0 aromatic carbocycles. The van der Waals surface area contributed by atoms with Gasteiger partial charge in [-0.15, -0.1) is 5.92 Å². The lowest BCUT2D eigenvalue weighted by Gasteiger charge is -2.12. The van der Waals surface area contributed by atoms with E-state index in [-0.39, 0.29) is 0 Å². The molecule has 1 saturated heterocycles. The Balaban J connectivity index is 1.94. The number of nitrogens with zero attached hydrogens (tertiary/aromatic N) is 1. The lowest BCUT2D eigenvalue weighted by atomic mass is 10.3. The van der Waals surface area contributed by atoms with Crippen molar-refractivity contribution in [1.29, 1.82) is 0 Å². The third kappa shape index (κ3) is 3.75. The Bertz CT molecular complexity index is 160. The summed E-state index contributed by atoms with van der Waals surface area (Å²) in [5.41, 5.74) is 5.25. The molecular formula is C10H18N2. The van der Waals surface area contributed by atoms with Crippen molar-refractivity contribution < 1.29 is 0 Å². The van der Waals surface area contributed by atoms with Gasteiger partial charge in [-0.05, 0) is 38.9 Å². The fraction of sp³-hybridized carbons (Fsp3) is 0.800. The Morgan fingerprint density at radius 2 is 1.92 bits per heavy atom. The van der Waals surface area contributed by atoms with Crippen LogP contribution in [-0.4, -0.2) is 31.1 Å². The maximum Gasteiger partial charge on any atom is 0.0551 e. The van der Waals surface area contributed by atoms with Gasteiger partial charge in [-0.2, -0.15) is 0 Å². The number of hydrogen-bond acceptors (Lipinski definition) is 2. The molecule has 1 aliphatic rings. The Kier molecular flexibility index (Phi) is 4.82. The second-order valence-corrected chi connectivity index (χ2v) is 3.21. The van der Waals surface area contributed by atoms with E-state index in [1.54, 1.807) is 0 Å². The highest BCUT2D eigenvalue weighted by molar-refractivity contribution is 4.99. The molecule has 0 amide bonds. The van der Waals surface area contributed by atoms with Crippen LogP contribution in [0.15, 0.2) is 0 Å². The largest absolute Gasteiger partial charge is 0.320 e. The zero-order valence-electron chi connectivity index (χ0n) is 7.68. The Morgan fingerprint density at radius 3 is 2.58 bits per heavy atom. The Labute approximate surface area is 75.1 Å². The fourth-order valence-corrected chi connectivity index (χ4v) is 1.56. The summed E-state index contributed by atoms with van der Waals surface area (Å²) in [5, 5.41) is 0. The van der Waals surface area contributed by atoms with Gasteiger partial charge in [0.15, 0.2) is 0 Å². The van der Waals surface area contributed by atoms with E-state index >= 15 is 0 Å². The van der Waals surface area contributed by atoms with Crippen LogP contribution in [0.2, 0.25) is 0 Å². The first-order valence-electron chi connectivity index (χ1n) is 4.81. The molecule has 1 rings (SSSR count). The normalized spacial score (nSPS) is 17.4. The maximum absolute atomic E-state index is 5.25. The van der Waals surface area contributed by atoms with Crippen LogP contribution in [0, 0.1) is 11.8 Å². The molecule has 1 fully saturated rings. The van der Waals surface area contributed by atoms with E-state index in [2.05, 4.69) is 16.7 Å². The summed E-state index contributed by atoms with van der Waals surface area (Å²) in [6.45, 7) is 4.32. The zero-order valence-corrected chi connectivity index (χ0v) is 7.68. The molecule has 2 nitrogen and oxygen atoms in total. The molecule has 0 unspecified atom stereocenters. The van der Waals surface area contributed by atoms with E-state index in [4.69, 9.17) is 5.73 Å². The SMILES string of the molecule is NCC#CCCCN1CCCC1. The first-order chi connectivity index (χ1) is 5.93. The molecule has 12 heavy (non-hydrogen) atoms. The third-order valence-electron chi connectivity index (χ3n) is 2.20. The van der Waals surface area contributed by atoms with Gasteiger partial charge in [-0.1, -0.05) is 5.92 Å². The summed E-state index contributed by atoms with van der Waals surface area (Å²) in [4.78, 5) is 2.52. The molecule has 0 spiro atoms. The molecule has 0 saturated carbocycles. The third-order valence-corrected chi connectivity index (χ3v) is 2.20. The standard InChI is InChI=1S/C10H18N2/c11-7-3-1-2-4-8-12-9-5-6-10-12/h2,4-11H2. The zero-order chi connectivity index (χ0) is 8.65. The van der Waals surface area contributed by atoms with Crippen LogP contribution in [0.25, 0.3) is 0 Å². The van der Waals surface area contributed by atoms with Crippen molar-refractivity contribution in [3.63, 3.8) is 0 Å². The van der Waals surface area contributed by atoms with E-state index < -0.39 is 0 Å². The topological polar surface area (TPSA) is 29.3 Å². The van der Waals surface area contributed by atoms with E-state index in [1.807, 2.05) is 0 Å². The van der Waals surface area contributed by atoms with Crippen molar-refractivity contribution in [2.24, 2.45) is 5.73 Å². The van der Waals surface area contributed by atoms with Crippen molar-refractivity contribution in [3.8, 4) is 11.8 Å². The average molecular weight is 166 g/mol. The lowest BCUT2D eigenvalue weighted by molar-refractivity contribution is 0.335. The lowest BCUT2D eigenvalue weighted by Crippen LogP contribution is -2.20. The van der Waals surface area contributed by atoms with Crippen LogP contribution in [0.1, 0.15) is 25.7 Å². The Hall–Kier alpha value is -0.520. The molecule has 0 atom stereocenters. The van der Waals surface area contributed by atoms with Crippen molar-refractivity contribution in [1.82, 2.24) is 4.90 Å². The predicted molar refractivity (Wildman–Crippen MR) is 51.7 cm³/mol. The van der Waals surface area contributed by atoms with Crippen LogP contribution in [0.5, 0.6) is 0 Å². The van der Waals surface area contributed by atoms with Gasteiger partial charge < -0.3 is 10.6 Å². The molecule has 1 aliphatic heterocycles. The van der Waals surface area contributed by atoms with Gasteiger partial charge in [-0.25, -0.2) is 0 Å². The smallest absolute Gasteiger partial charge is 0.0551 e. The summed E-state index contributed by atoms with van der Waals surface area (Å²) in [5.74, 6) is 5.94. The molecular weight excluding hydrogens is 148 g/mol. The Morgan fingerprint density at radius 1 is 1.17 bits per heavy atom. The van der Waals surface area contributed by atoms with Gasteiger partial charge >= 0.3 is 0 Å². The van der Waals surface area contributed by atoms with E-state index in [0.717, 1.165) is 6.42 Å². The number of rotatable bonds is 3. The number of unbranched alkanes of at least 4 members (excludes halogenated alkanes) is 1. The number of nitrogens with two attached hydrogens (primary N) is 1. The monoisotopic (exact) mass is 166 g/mol. The molecule has 2 heteroatoms. The maximum atomic E-state index is 5.25. The summed E-state index contributed by atoms with van der Waals surface area (Å²) in [7, 11) is 0. The number of hydrogen-bond donors (Lipinski definition) is 1. The van der Waals surface area contributed by atoms with E-state index in [9.17, 15) is 0 Å². The number of likely N-dealkylation sites (tertiary alicyclic amines) is 1. The van der Waals surface area contributed by atoms with Crippen LogP contribution in [-0.2, 0) is 0 Å². The van der Waals surface area contributed by atoms with E-state index in [0.29, 0.717) is 6.54 Å². The molecule has 1 heterocycles. The summed E-state index contributed by atoms with van der Waals surface area (Å²) in [6.07, 6.45) is 4.98. The molecule has 0 radical (unpaired) electrons. The van der Waals surface area contributed by atoms with Crippen LogP contribution in [0.3, 0.4) is 0 Å². The summed E-state index contributed by atoms with van der Waals surface area (Å²) < 4.78 is 0. The van der Waals surface area contributed by atoms with Gasteiger partial charge in [0.1, 0.15) is 0 Å². The molecule has 0 aliphatic carbocycles. The second-order valence-electron chi connectivity index (χ2n) is 3.21. The van der Waals surface area contributed by atoms with Crippen LogP contribution >= 0.6 is 0 Å². The molecule has 2 N–H and O–H groups in total. The second kappa shape index (κ2) is 6.05. The highest BCUT2D eigenvalue weighted by Crippen LogP contribution is 2.07. The minimum absolute atomic E-state index is 0.504. The minimum atomic E-state index is 0.504. The molecule has 0 bridgehead atoms. The minimum Gasteiger partial charge on any atom is -0.320 e. The van der Waals surface area contributed by atoms with Crippen molar-refractivity contribution >= 4 is 0 Å². The highest BCUT2D eigenvalue weighted by atomic mass is 15.1. The first-order valence-corrected chi connectivity index (χ1v) is 4.81. The summed E-state index contributed by atoms with van der Waals surface area (Å²) >= 11 is 0. The van der Waals surface area contributed by atoms with E-state index in [1.165, 1.54) is 38.9 Å². The molecule has 0 aromatic rings.